The van der Waals surface area contributed by atoms with Crippen molar-refractivity contribution in [2.45, 2.75) is 109 Å². The Hall–Kier alpha value is -0.600. The summed E-state index contributed by atoms with van der Waals surface area (Å²) in [5.74, 6) is -0.342. The normalized spacial score (nSPS) is 15.7. The van der Waals surface area contributed by atoms with Crippen LogP contribution in [-0.4, -0.2) is 52.9 Å². The predicted molar refractivity (Wildman–Crippen MR) is 127 cm³/mol. The first-order valence-corrected chi connectivity index (χ1v) is 13.7. The third kappa shape index (κ3) is 18.9. The lowest BCUT2D eigenvalue weighted by molar-refractivity contribution is -0.126. The van der Waals surface area contributed by atoms with Gasteiger partial charge < -0.3 is 20.8 Å². The van der Waals surface area contributed by atoms with Crippen molar-refractivity contribution in [3.63, 3.8) is 0 Å². The van der Waals surface area contributed by atoms with Gasteiger partial charge in [0.05, 0.1) is 13.2 Å². The summed E-state index contributed by atoms with van der Waals surface area (Å²) in [4.78, 5) is 21.8. The monoisotopic (exact) mass is 479 g/mol. The highest BCUT2D eigenvalue weighted by molar-refractivity contribution is 7.47. The van der Waals surface area contributed by atoms with Crippen molar-refractivity contribution in [3.8, 4) is 0 Å². The maximum absolute atomic E-state index is 12.2. The highest BCUT2D eigenvalue weighted by Gasteiger charge is 2.30. The van der Waals surface area contributed by atoms with Crippen molar-refractivity contribution in [2.24, 2.45) is 5.73 Å². The van der Waals surface area contributed by atoms with Crippen LogP contribution < -0.4 is 5.73 Å². The zero-order chi connectivity index (χ0) is 24.1. The van der Waals surface area contributed by atoms with Crippen molar-refractivity contribution in [2.75, 3.05) is 19.8 Å². The molecule has 0 fully saturated rings. The molecule has 0 saturated carbocycles. The maximum atomic E-state index is 12.2. The summed E-state index contributed by atoms with van der Waals surface area (Å²) < 4.78 is 21.2. The summed E-state index contributed by atoms with van der Waals surface area (Å²) in [5, 5.41) is 17.9. The SMILES string of the molecule is CCCCCCCC/C=C/CCCCCCCC(=O)C(CN)OP(=O)(O)OC[C@H](O)CO. The largest absolute Gasteiger partial charge is 0.473 e. The lowest BCUT2D eigenvalue weighted by Crippen LogP contribution is -2.32. The lowest BCUT2D eigenvalue weighted by Gasteiger charge is -2.19. The van der Waals surface area contributed by atoms with Crippen LogP contribution >= 0.6 is 7.82 Å². The molecule has 0 aromatic rings. The first kappa shape index (κ1) is 31.4. The Morgan fingerprint density at radius 3 is 2.03 bits per heavy atom. The van der Waals surface area contributed by atoms with Crippen LogP contribution in [0.5, 0.6) is 0 Å². The van der Waals surface area contributed by atoms with Crippen molar-refractivity contribution >= 4 is 13.6 Å². The molecule has 0 amide bonds. The van der Waals surface area contributed by atoms with E-state index >= 15 is 0 Å². The van der Waals surface area contributed by atoms with Gasteiger partial charge in [-0.2, -0.15) is 0 Å². The van der Waals surface area contributed by atoms with Crippen LogP contribution in [0.15, 0.2) is 12.2 Å². The topological polar surface area (TPSA) is 139 Å². The Kier molecular flexibility index (Phi) is 20.6. The number of Topliss-reactive ketones (excluding diaryl/α,β-unsaturated/α-hetero) is 1. The number of hydrogen-bond donors (Lipinski definition) is 4. The molecular formula is C23H46NO7P. The van der Waals surface area contributed by atoms with Gasteiger partial charge in [-0.1, -0.05) is 70.4 Å². The van der Waals surface area contributed by atoms with E-state index < -0.39 is 33.2 Å². The third-order valence-electron chi connectivity index (χ3n) is 5.16. The molecule has 5 N–H and O–H groups in total. The van der Waals surface area contributed by atoms with Gasteiger partial charge in [0.1, 0.15) is 12.2 Å². The summed E-state index contributed by atoms with van der Waals surface area (Å²) in [6, 6.07) is 0. The number of unbranched alkanes of at least 4 members (excludes halogenated alkanes) is 11. The number of allylic oxidation sites excluding steroid dienone is 2. The standard InChI is InChI=1S/C23H46NO7P/c1-2-3-4-5-6-7-8-9-10-11-12-13-14-15-16-17-22(27)23(18-24)31-32(28,29)30-20-21(26)19-25/h9-10,21,23,25-26H,2-8,11-20,24H2,1H3,(H,28,29)/b10-9+/t21-,23?/m1/s1. The molecule has 0 aliphatic rings. The highest BCUT2D eigenvalue weighted by Crippen LogP contribution is 2.44. The Morgan fingerprint density at radius 2 is 1.50 bits per heavy atom. The second-order valence-electron chi connectivity index (χ2n) is 8.23. The van der Waals surface area contributed by atoms with Crippen LogP contribution in [-0.2, 0) is 18.4 Å². The molecule has 190 valence electrons. The molecule has 2 unspecified atom stereocenters. The van der Waals surface area contributed by atoms with E-state index in [0.717, 1.165) is 32.1 Å². The van der Waals surface area contributed by atoms with Crippen molar-refractivity contribution in [3.05, 3.63) is 12.2 Å². The summed E-state index contributed by atoms with van der Waals surface area (Å²) >= 11 is 0. The van der Waals surface area contributed by atoms with Crippen LogP contribution in [0.25, 0.3) is 0 Å². The molecule has 0 saturated heterocycles. The number of carbonyl (C=O) groups is 1. The van der Waals surface area contributed by atoms with Gasteiger partial charge in [-0.3, -0.25) is 13.8 Å². The number of rotatable bonds is 23. The van der Waals surface area contributed by atoms with Gasteiger partial charge in [0.15, 0.2) is 5.78 Å². The van der Waals surface area contributed by atoms with Crippen LogP contribution in [0.3, 0.4) is 0 Å². The number of aliphatic hydroxyl groups excluding tert-OH is 2. The molecule has 0 radical (unpaired) electrons. The van der Waals surface area contributed by atoms with Crippen molar-refractivity contribution in [1.82, 2.24) is 0 Å². The molecule has 32 heavy (non-hydrogen) atoms. The van der Waals surface area contributed by atoms with Gasteiger partial charge in [0.2, 0.25) is 0 Å². The average Bonchev–Trinajstić information content (AvgIpc) is 2.78. The molecule has 0 aliphatic heterocycles. The quantitative estimate of drug-likeness (QED) is 0.0960. The summed E-state index contributed by atoms with van der Waals surface area (Å²) in [7, 11) is -4.54. The third-order valence-corrected chi connectivity index (χ3v) is 6.16. The second-order valence-corrected chi connectivity index (χ2v) is 9.64. The Morgan fingerprint density at radius 1 is 0.969 bits per heavy atom. The van der Waals surface area contributed by atoms with Crippen LogP contribution in [0, 0.1) is 0 Å². The van der Waals surface area contributed by atoms with Crippen molar-refractivity contribution in [1.29, 1.82) is 0 Å². The first-order chi connectivity index (χ1) is 15.4. The Balaban J connectivity index is 3.77. The molecule has 3 atom stereocenters. The number of phosphoric ester groups is 1. The van der Waals surface area contributed by atoms with Gasteiger partial charge in [0.25, 0.3) is 0 Å². The predicted octanol–water partition coefficient (Wildman–Crippen LogP) is 4.41. The maximum Gasteiger partial charge on any atom is 0.473 e. The molecule has 8 nitrogen and oxygen atoms in total. The van der Waals surface area contributed by atoms with E-state index in [9.17, 15) is 14.3 Å². The number of nitrogens with two attached hydrogens (primary N) is 1. The fraction of sp³-hybridized carbons (Fsp3) is 0.870. The van der Waals surface area contributed by atoms with E-state index in [2.05, 4.69) is 23.6 Å². The summed E-state index contributed by atoms with van der Waals surface area (Å²) in [5.41, 5.74) is 5.49. The smallest absolute Gasteiger partial charge is 0.394 e. The lowest BCUT2D eigenvalue weighted by atomic mass is 10.0. The van der Waals surface area contributed by atoms with Gasteiger partial charge >= 0.3 is 7.82 Å². The van der Waals surface area contributed by atoms with Gasteiger partial charge in [-0.25, -0.2) is 4.57 Å². The van der Waals surface area contributed by atoms with E-state index in [-0.39, 0.29) is 18.7 Å². The Labute approximate surface area is 194 Å². The molecule has 0 spiro atoms. The fourth-order valence-electron chi connectivity index (χ4n) is 3.19. The fourth-order valence-corrected chi connectivity index (χ4v) is 4.13. The number of phosphoric acid groups is 1. The second kappa shape index (κ2) is 21.0. The molecule has 0 heterocycles. The van der Waals surface area contributed by atoms with E-state index in [1.54, 1.807) is 0 Å². The van der Waals surface area contributed by atoms with Crippen LogP contribution in [0.4, 0.5) is 0 Å². The van der Waals surface area contributed by atoms with E-state index in [0.29, 0.717) is 6.42 Å². The number of hydrogen-bond acceptors (Lipinski definition) is 7. The molecule has 0 aromatic carbocycles. The van der Waals surface area contributed by atoms with Crippen molar-refractivity contribution < 1.29 is 33.5 Å². The van der Waals surface area contributed by atoms with E-state index in [4.69, 9.17) is 20.5 Å². The van der Waals surface area contributed by atoms with Gasteiger partial charge in [-0.05, 0) is 32.1 Å². The molecule has 0 aromatic heterocycles. The zero-order valence-electron chi connectivity index (χ0n) is 19.8. The minimum Gasteiger partial charge on any atom is -0.394 e. The number of aliphatic hydroxyl groups is 2. The highest BCUT2D eigenvalue weighted by atomic mass is 31.2. The Bertz CT molecular complexity index is 530. The number of carbonyl (C=O) groups excluding carboxylic acids is 1. The summed E-state index contributed by atoms with van der Waals surface area (Å²) in [6.07, 6.45) is 17.3. The van der Waals surface area contributed by atoms with Gasteiger partial charge in [0, 0.05) is 13.0 Å². The number of ketones is 1. The van der Waals surface area contributed by atoms with Crippen LogP contribution in [0.1, 0.15) is 96.8 Å². The minimum absolute atomic E-state index is 0.222. The zero-order valence-corrected chi connectivity index (χ0v) is 20.7. The van der Waals surface area contributed by atoms with E-state index in [1.165, 1.54) is 44.9 Å². The average molecular weight is 480 g/mol. The molecule has 9 heteroatoms. The summed E-state index contributed by atoms with van der Waals surface area (Å²) in [6.45, 7) is 0.805. The van der Waals surface area contributed by atoms with Gasteiger partial charge in [-0.15, -0.1) is 0 Å². The molecular weight excluding hydrogens is 433 g/mol. The molecule has 0 bridgehead atoms. The van der Waals surface area contributed by atoms with E-state index in [1.807, 2.05) is 0 Å². The van der Waals surface area contributed by atoms with Crippen LogP contribution in [0.2, 0.25) is 0 Å². The first-order valence-electron chi connectivity index (χ1n) is 12.2. The molecule has 0 aliphatic carbocycles. The minimum atomic E-state index is -4.54. The molecule has 0 rings (SSSR count).